The lowest BCUT2D eigenvalue weighted by atomic mass is 10.1. The lowest BCUT2D eigenvalue weighted by Crippen LogP contribution is -2.37. The molecule has 2 rings (SSSR count). The molecule has 0 aliphatic carbocycles. The van der Waals surface area contributed by atoms with Crippen molar-refractivity contribution in [3.8, 4) is 0 Å². The van der Waals surface area contributed by atoms with Gasteiger partial charge in [-0.1, -0.05) is 6.07 Å². The van der Waals surface area contributed by atoms with Gasteiger partial charge in [0.25, 0.3) is 0 Å². The van der Waals surface area contributed by atoms with Crippen LogP contribution in [0.3, 0.4) is 0 Å². The minimum atomic E-state index is -0.346. The molecule has 1 unspecified atom stereocenters. The van der Waals surface area contributed by atoms with Gasteiger partial charge in [0.15, 0.2) is 0 Å². The van der Waals surface area contributed by atoms with E-state index in [0.29, 0.717) is 0 Å². The Labute approximate surface area is 104 Å². The molecule has 1 heterocycles. The highest BCUT2D eigenvalue weighted by molar-refractivity contribution is 5.75. The Balaban J connectivity index is 2.21. The predicted molar refractivity (Wildman–Crippen MR) is 68.4 cm³/mol. The summed E-state index contributed by atoms with van der Waals surface area (Å²) in [7, 11) is 0. The summed E-state index contributed by atoms with van der Waals surface area (Å²) in [6, 6.07) is 5.22. The number of imidazole rings is 1. The van der Waals surface area contributed by atoms with Gasteiger partial charge < -0.3 is 25.5 Å². The van der Waals surface area contributed by atoms with Gasteiger partial charge in [0, 0.05) is 6.04 Å². The van der Waals surface area contributed by atoms with Gasteiger partial charge in [0.1, 0.15) is 0 Å². The Morgan fingerprint density at radius 2 is 1.89 bits per heavy atom. The minimum Gasteiger partial charge on any atom is -0.395 e. The van der Waals surface area contributed by atoms with Crippen LogP contribution in [0.25, 0.3) is 11.0 Å². The summed E-state index contributed by atoms with van der Waals surface area (Å²) < 4.78 is 0. The molecule has 0 radical (unpaired) electrons. The highest BCUT2D eigenvalue weighted by atomic mass is 16.3. The average Bonchev–Trinajstić information content (AvgIpc) is 2.74. The van der Waals surface area contributed by atoms with Gasteiger partial charge in [-0.25, -0.2) is 4.79 Å². The third-order valence-electron chi connectivity index (χ3n) is 2.97. The first-order valence-corrected chi connectivity index (χ1v) is 5.83. The standard InChI is InChI=1S/C12H17N3O3/c1-7(13-9(5-16)6-17)8-2-3-10-11(4-8)15-12(18)14-10/h2-4,7,9,13,16-17H,5-6H2,1H3,(H2,14,15,18). The molecule has 98 valence electrons. The molecule has 0 bridgehead atoms. The van der Waals surface area contributed by atoms with E-state index < -0.39 is 0 Å². The molecular weight excluding hydrogens is 234 g/mol. The number of benzene rings is 1. The fourth-order valence-corrected chi connectivity index (χ4v) is 1.93. The van der Waals surface area contributed by atoms with Crippen LogP contribution in [0.4, 0.5) is 0 Å². The van der Waals surface area contributed by atoms with Crippen LogP contribution in [0.15, 0.2) is 23.0 Å². The number of H-pyrrole nitrogens is 2. The van der Waals surface area contributed by atoms with Crippen molar-refractivity contribution in [2.45, 2.75) is 19.0 Å². The number of hydrogen-bond acceptors (Lipinski definition) is 4. The Morgan fingerprint density at radius 3 is 2.56 bits per heavy atom. The van der Waals surface area contributed by atoms with E-state index >= 15 is 0 Å². The van der Waals surface area contributed by atoms with Gasteiger partial charge in [-0.2, -0.15) is 0 Å². The molecule has 1 aromatic heterocycles. The van der Waals surface area contributed by atoms with Gasteiger partial charge in [-0.15, -0.1) is 0 Å². The summed E-state index contributed by atoms with van der Waals surface area (Å²) in [5.74, 6) is 0. The molecule has 0 fully saturated rings. The second-order valence-electron chi connectivity index (χ2n) is 4.33. The van der Waals surface area contributed by atoms with Crippen molar-refractivity contribution >= 4 is 11.0 Å². The number of aromatic nitrogens is 2. The second kappa shape index (κ2) is 5.34. The van der Waals surface area contributed by atoms with E-state index in [1.165, 1.54) is 0 Å². The molecule has 0 saturated carbocycles. The van der Waals surface area contributed by atoms with Gasteiger partial charge in [0.2, 0.25) is 0 Å². The summed E-state index contributed by atoms with van der Waals surface area (Å²) in [6.45, 7) is 1.69. The maximum atomic E-state index is 11.1. The van der Waals surface area contributed by atoms with Gasteiger partial charge in [0.05, 0.1) is 30.3 Å². The van der Waals surface area contributed by atoms with E-state index in [4.69, 9.17) is 10.2 Å². The van der Waals surface area contributed by atoms with Crippen LogP contribution in [0.2, 0.25) is 0 Å². The number of aromatic amines is 2. The highest BCUT2D eigenvalue weighted by Gasteiger charge is 2.12. The van der Waals surface area contributed by atoms with Crippen LogP contribution in [0, 0.1) is 0 Å². The zero-order valence-electron chi connectivity index (χ0n) is 10.1. The first-order chi connectivity index (χ1) is 8.63. The number of hydrogen-bond donors (Lipinski definition) is 5. The monoisotopic (exact) mass is 251 g/mol. The van der Waals surface area contributed by atoms with E-state index in [1.807, 2.05) is 25.1 Å². The molecule has 0 saturated heterocycles. The van der Waals surface area contributed by atoms with Crippen molar-refractivity contribution in [1.29, 1.82) is 0 Å². The van der Waals surface area contributed by atoms with Crippen molar-refractivity contribution < 1.29 is 10.2 Å². The van der Waals surface area contributed by atoms with E-state index in [1.54, 1.807) is 0 Å². The summed E-state index contributed by atoms with van der Waals surface area (Å²) in [4.78, 5) is 16.5. The van der Waals surface area contributed by atoms with Gasteiger partial charge in [-0.05, 0) is 24.6 Å². The molecule has 18 heavy (non-hydrogen) atoms. The van der Waals surface area contributed by atoms with Gasteiger partial charge >= 0.3 is 5.69 Å². The van der Waals surface area contributed by atoms with E-state index in [-0.39, 0.29) is 31.0 Å². The molecule has 0 aliphatic heterocycles. The smallest absolute Gasteiger partial charge is 0.323 e. The molecule has 0 aliphatic rings. The number of fused-ring (bicyclic) bond motifs is 1. The average molecular weight is 251 g/mol. The highest BCUT2D eigenvalue weighted by Crippen LogP contribution is 2.17. The molecular formula is C12H17N3O3. The number of nitrogens with one attached hydrogen (secondary N) is 3. The maximum Gasteiger partial charge on any atom is 0.323 e. The normalized spacial score (nSPS) is 13.3. The zero-order chi connectivity index (χ0) is 13.1. The molecule has 1 aromatic carbocycles. The largest absolute Gasteiger partial charge is 0.395 e. The Kier molecular flexibility index (Phi) is 3.81. The Hall–Kier alpha value is -1.63. The SMILES string of the molecule is CC(NC(CO)CO)c1ccc2[nH]c(=O)[nH]c2c1. The molecule has 5 N–H and O–H groups in total. The molecule has 0 amide bonds. The zero-order valence-corrected chi connectivity index (χ0v) is 10.1. The minimum absolute atomic E-state index is 0.0305. The summed E-state index contributed by atoms with van der Waals surface area (Å²) >= 11 is 0. The van der Waals surface area contributed by atoms with Gasteiger partial charge in [-0.3, -0.25) is 0 Å². The lowest BCUT2D eigenvalue weighted by Gasteiger charge is -2.20. The van der Waals surface area contributed by atoms with E-state index in [9.17, 15) is 4.79 Å². The van der Waals surface area contributed by atoms with Crippen molar-refractivity contribution in [2.24, 2.45) is 0 Å². The number of aliphatic hydroxyl groups is 2. The Bertz CT molecular complexity index is 571. The van der Waals surface area contributed by atoms with Crippen molar-refractivity contribution in [3.05, 3.63) is 34.2 Å². The second-order valence-corrected chi connectivity index (χ2v) is 4.33. The molecule has 6 heteroatoms. The van der Waals surface area contributed by atoms with Crippen molar-refractivity contribution in [2.75, 3.05) is 13.2 Å². The van der Waals surface area contributed by atoms with Crippen molar-refractivity contribution in [1.82, 2.24) is 15.3 Å². The first kappa shape index (κ1) is 12.8. The van der Waals surface area contributed by atoms with Crippen LogP contribution < -0.4 is 11.0 Å². The molecule has 0 spiro atoms. The maximum absolute atomic E-state index is 11.1. The quantitative estimate of drug-likeness (QED) is 0.510. The van der Waals surface area contributed by atoms with Crippen LogP contribution in [0.5, 0.6) is 0 Å². The number of rotatable bonds is 5. The topological polar surface area (TPSA) is 101 Å². The number of aliphatic hydroxyl groups excluding tert-OH is 2. The predicted octanol–water partition coefficient (Wildman–Crippen LogP) is -0.140. The van der Waals surface area contributed by atoms with E-state index in [0.717, 1.165) is 16.6 Å². The molecule has 2 aromatic rings. The first-order valence-electron chi connectivity index (χ1n) is 5.83. The van der Waals surface area contributed by atoms with E-state index in [2.05, 4.69) is 15.3 Å². The van der Waals surface area contributed by atoms with Crippen LogP contribution >= 0.6 is 0 Å². The molecule has 6 nitrogen and oxygen atoms in total. The molecule has 1 atom stereocenters. The fourth-order valence-electron chi connectivity index (χ4n) is 1.93. The summed E-state index contributed by atoms with van der Waals surface area (Å²) in [5, 5.41) is 21.1. The third-order valence-corrected chi connectivity index (χ3v) is 2.97. The van der Waals surface area contributed by atoms with Crippen LogP contribution in [-0.2, 0) is 0 Å². The summed E-state index contributed by atoms with van der Waals surface area (Å²) in [6.07, 6.45) is 0. The third kappa shape index (κ3) is 2.61. The lowest BCUT2D eigenvalue weighted by molar-refractivity contribution is 0.163. The van der Waals surface area contributed by atoms with Crippen LogP contribution in [-0.4, -0.2) is 39.4 Å². The Morgan fingerprint density at radius 1 is 1.22 bits per heavy atom. The fraction of sp³-hybridized carbons (Fsp3) is 0.417. The van der Waals surface area contributed by atoms with Crippen LogP contribution in [0.1, 0.15) is 18.5 Å². The van der Waals surface area contributed by atoms with Crippen molar-refractivity contribution in [3.63, 3.8) is 0 Å². The summed E-state index contributed by atoms with van der Waals surface area (Å²) in [5.41, 5.74) is 2.25.